The molecule has 0 atom stereocenters. The third-order valence-corrected chi connectivity index (χ3v) is 4.10. The average Bonchev–Trinajstić information content (AvgIpc) is 2.55. The average molecular weight is 336 g/mol. The molecule has 1 fully saturated rings. The Morgan fingerprint density at radius 1 is 1.17 bits per heavy atom. The molecule has 5 nitrogen and oxygen atoms in total. The quantitative estimate of drug-likeness (QED) is 0.914. The van der Waals surface area contributed by atoms with Crippen LogP contribution in [0.4, 0.5) is 15.0 Å². The molecule has 2 aromatic rings. The first kappa shape index (κ1) is 15.6. The summed E-state index contributed by atoms with van der Waals surface area (Å²) in [6, 6.07) is 8.16. The summed E-state index contributed by atoms with van der Waals surface area (Å²) in [5, 5.41) is 9.30. The summed E-state index contributed by atoms with van der Waals surface area (Å²) in [7, 11) is 0. The van der Waals surface area contributed by atoms with Gasteiger partial charge in [-0.1, -0.05) is 11.6 Å². The summed E-state index contributed by atoms with van der Waals surface area (Å²) in [4.78, 5) is 18.7. The second-order valence-corrected chi connectivity index (χ2v) is 5.72. The lowest BCUT2D eigenvalue weighted by molar-refractivity contribution is 0.142. The summed E-state index contributed by atoms with van der Waals surface area (Å²) < 4.78 is 13.9. The SMILES string of the molecule is O=C(O)N1CCN(c2ccc(-c3ccc(Cl)cc3F)cn2)CC1. The van der Waals surface area contributed by atoms with Crippen LogP contribution < -0.4 is 4.90 Å². The van der Waals surface area contributed by atoms with Gasteiger partial charge in [0.15, 0.2) is 0 Å². The number of piperazine rings is 1. The topological polar surface area (TPSA) is 56.7 Å². The Balaban J connectivity index is 1.74. The number of aromatic nitrogens is 1. The number of carboxylic acid groups (broad SMARTS) is 1. The Kier molecular flexibility index (Phi) is 4.34. The lowest BCUT2D eigenvalue weighted by atomic mass is 10.1. The summed E-state index contributed by atoms with van der Waals surface area (Å²) in [5.74, 6) is 0.371. The molecule has 3 rings (SSSR count). The number of hydrogen-bond acceptors (Lipinski definition) is 3. The third kappa shape index (κ3) is 3.37. The van der Waals surface area contributed by atoms with Crippen LogP contribution in [0.25, 0.3) is 11.1 Å². The number of carbonyl (C=O) groups is 1. The van der Waals surface area contributed by atoms with Gasteiger partial charge in [-0.05, 0) is 30.3 Å². The third-order valence-electron chi connectivity index (χ3n) is 3.86. The molecule has 0 saturated carbocycles. The zero-order valence-electron chi connectivity index (χ0n) is 12.2. The molecule has 1 N–H and O–H groups in total. The molecule has 0 radical (unpaired) electrons. The van der Waals surface area contributed by atoms with Gasteiger partial charge in [0.25, 0.3) is 0 Å². The van der Waals surface area contributed by atoms with Gasteiger partial charge >= 0.3 is 6.09 Å². The van der Waals surface area contributed by atoms with Gasteiger partial charge in [-0.2, -0.15) is 0 Å². The highest BCUT2D eigenvalue weighted by Gasteiger charge is 2.21. The molecule has 120 valence electrons. The largest absolute Gasteiger partial charge is 0.465 e. The van der Waals surface area contributed by atoms with Crippen LogP contribution in [0.1, 0.15) is 0 Å². The molecule has 23 heavy (non-hydrogen) atoms. The van der Waals surface area contributed by atoms with E-state index in [0.717, 1.165) is 5.82 Å². The fourth-order valence-electron chi connectivity index (χ4n) is 2.58. The van der Waals surface area contributed by atoms with Gasteiger partial charge in [-0.15, -0.1) is 0 Å². The maximum Gasteiger partial charge on any atom is 0.407 e. The molecular formula is C16H15ClFN3O2. The van der Waals surface area contributed by atoms with Crippen LogP contribution in [0.2, 0.25) is 5.02 Å². The van der Waals surface area contributed by atoms with Gasteiger partial charge in [0.05, 0.1) is 0 Å². The molecule has 0 spiro atoms. The zero-order chi connectivity index (χ0) is 16.4. The zero-order valence-corrected chi connectivity index (χ0v) is 13.0. The van der Waals surface area contributed by atoms with Gasteiger partial charge in [0.2, 0.25) is 0 Å². The van der Waals surface area contributed by atoms with Crippen molar-refractivity contribution in [3.63, 3.8) is 0 Å². The molecule has 1 aliphatic heterocycles. The van der Waals surface area contributed by atoms with E-state index < -0.39 is 6.09 Å². The van der Waals surface area contributed by atoms with E-state index in [0.29, 0.717) is 42.3 Å². The van der Waals surface area contributed by atoms with Crippen LogP contribution in [0.15, 0.2) is 36.5 Å². The van der Waals surface area contributed by atoms with Gasteiger partial charge < -0.3 is 14.9 Å². The standard InChI is InChI=1S/C16H15ClFN3O2/c17-12-2-3-13(14(18)9-12)11-1-4-15(19-10-11)20-5-7-21(8-6-20)16(22)23/h1-4,9-10H,5-8H2,(H,22,23). The number of benzene rings is 1. The van der Waals surface area contributed by atoms with E-state index in [9.17, 15) is 9.18 Å². The lowest BCUT2D eigenvalue weighted by Crippen LogP contribution is -2.48. The van der Waals surface area contributed by atoms with Crippen molar-refractivity contribution in [2.45, 2.75) is 0 Å². The molecule has 1 aromatic carbocycles. The Morgan fingerprint density at radius 2 is 1.91 bits per heavy atom. The van der Waals surface area contributed by atoms with Gasteiger partial charge in [-0.3, -0.25) is 0 Å². The van der Waals surface area contributed by atoms with E-state index in [4.69, 9.17) is 16.7 Å². The Morgan fingerprint density at radius 3 is 2.48 bits per heavy atom. The number of amides is 1. The minimum atomic E-state index is -0.897. The summed E-state index contributed by atoms with van der Waals surface area (Å²) in [6.07, 6.45) is 0.719. The van der Waals surface area contributed by atoms with Crippen molar-refractivity contribution in [3.8, 4) is 11.1 Å². The second kappa shape index (κ2) is 6.42. The Bertz CT molecular complexity index is 716. The van der Waals surface area contributed by atoms with Gasteiger partial charge in [0.1, 0.15) is 11.6 Å². The number of hydrogen-bond donors (Lipinski definition) is 1. The number of pyridine rings is 1. The summed E-state index contributed by atoms with van der Waals surface area (Å²) >= 11 is 5.76. The smallest absolute Gasteiger partial charge is 0.407 e. The van der Waals surface area contributed by atoms with Crippen molar-refractivity contribution < 1.29 is 14.3 Å². The molecule has 0 aliphatic carbocycles. The first-order valence-electron chi connectivity index (χ1n) is 7.19. The Labute approximate surface area is 137 Å². The highest BCUT2D eigenvalue weighted by molar-refractivity contribution is 6.30. The maximum absolute atomic E-state index is 13.9. The fourth-order valence-corrected chi connectivity index (χ4v) is 2.74. The van der Waals surface area contributed by atoms with E-state index in [1.165, 1.54) is 11.0 Å². The predicted octanol–water partition coefficient (Wildman–Crippen LogP) is 3.34. The number of anilines is 1. The molecule has 1 aromatic heterocycles. The van der Waals surface area contributed by atoms with Gasteiger partial charge in [-0.25, -0.2) is 14.2 Å². The highest BCUT2D eigenvalue weighted by atomic mass is 35.5. The second-order valence-electron chi connectivity index (χ2n) is 5.29. The van der Waals surface area contributed by atoms with Crippen LogP contribution in [0.5, 0.6) is 0 Å². The normalized spacial score (nSPS) is 14.9. The first-order chi connectivity index (χ1) is 11.0. The molecule has 1 amide bonds. The predicted molar refractivity (Wildman–Crippen MR) is 86.5 cm³/mol. The van der Waals surface area contributed by atoms with Crippen LogP contribution in [-0.2, 0) is 0 Å². The van der Waals surface area contributed by atoms with Crippen molar-refractivity contribution in [2.75, 3.05) is 31.1 Å². The number of rotatable bonds is 2. The number of nitrogens with zero attached hydrogens (tertiary/aromatic N) is 3. The lowest BCUT2D eigenvalue weighted by Gasteiger charge is -2.33. The maximum atomic E-state index is 13.9. The van der Waals surface area contributed by atoms with E-state index in [-0.39, 0.29) is 5.82 Å². The minimum absolute atomic E-state index is 0.354. The molecule has 0 unspecified atom stereocenters. The molecule has 1 aliphatic rings. The molecule has 1 saturated heterocycles. The minimum Gasteiger partial charge on any atom is -0.465 e. The summed E-state index contributed by atoms with van der Waals surface area (Å²) in [6.45, 7) is 2.08. The van der Waals surface area contributed by atoms with E-state index >= 15 is 0 Å². The molecule has 0 bridgehead atoms. The fraction of sp³-hybridized carbons (Fsp3) is 0.250. The van der Waals surface area contributed by atoms with Crippen molar-refractivity contribution in [1.29, 1.82) is 0 Å². The summed E-state index contributed by atoms with van der Waals surface area (Å²) in [5.41, 5.74) is 1.12. The van der Waals surface area contributed by atoms with Crippen LogP contribution in [0.3, 0.4) is 0 Å². The molecule has 7 heteroatoms. The van der Waals surface area contributed by atoms with E-state index in [2.05, 4.69) is 4.98 Å². The van der Waals surface area contributed by atoms with Crippen LogP contribution in [-0.4, -0.2) is 47.3 Å². The van der Waals surface area contributed by atoms with E-state index in [1.54, 1.807) is 24.4 Å². The number of halogens is 2. The van der Waals surface area contributed by atoms with Crippen LogP contribution >= 0.6 is 11.6 Å². The van der Waals surface area contributed by atoms with E-state index in [1.807, 2.05) is 11.0 Å². The van der Waals surface area contributed by atoms with Crippen molar-refractivity contribution in [3.05, 3.63) is 47.4 Å². The van der Waals surface area contributed by atoms with Crippen LogP contribution in [0, 0.1) is 5.82 Å². The van der Waals surface area contributed by atoms with Gasteiger partial charge in [0, 0.05) is 48.5 Å². The van der Waals surface area contributed by atoms with Crippen molar-refractivity contribution in [2.24, 2.45) is 0 Å². The molecular weight excluding hydrogens is 321 g/mol. The first-order valence-corrected chi connectivity index (χ1v) is 7.56. The van der Waals surface area contributed by atoms with Crippen molar-refractivity contribution >= 4 is 23.5 Å². The molecule has 2 heterocycles. The van der Waals surface area contributed by atoms with Crippen molar-refractivity contribution in [1.82, 2.24) is 9.88 Å². The monoisotopic (exact) mass is 335 g/mol. The highest BCUT2D eigenvalue weighted by Crippen LogP contribution is 2.26. The Hall–Kier alpha value is -2.34.